The maximum atomic E-state index is 11.4. The Morgan fingerprint density at radius 3 is 2.86 bits per heavy atom. The third-order valence-electron chi connectivity index (χ3n) is 1.90. The predicted molar refractivity (Wildman–Crippen MR) is 54.9 cm³/mol. The fourth-order valence-corrected chi connectivity index (χ4v) is 1.14. The number of benzene rings is 1. The van der Waals surface area contributed by atoms with Gasteiger partial charge in [0.05, 0.1) is 12.2 Å². The molecule has 1 rings (SSSR count). The second-order valence-corrected chi connectivity index (χ2v) is 2.89. The summed E-state index contributed by atoms with van der Waals surface area (Å²) in [5.74, 6) is 4.92. The summed E-state index contributed by atoms with van der Waals surface area (Å²) in [6.07, 6.45) is 0. The molecule has 0 aliphatic rings. The van der Waals surface area contributed by atoms with E-state index in [9.17, 15) is 4.79 Å². The monoisotopic (exact) mass is 194 g/mol. The molecular formula is C10H14N2O2. The predicted octanol–water partition coefficient (Wildman–Crippen LogP) is 1.46. The molecule has 0 atom stereocenters. The summed E-state index contributed by atoms with van der Waals surface area (Å²) in [6.45, 7) is 4.00. The van der Waals surface area contributed by atoms with Crippen LogP contribution < -0.4 is 11.3 Å². The standard InChI is InChI=1S/C10H14N2O2/c1-3-14-10(13)9-6-8(12-11)5-4-7(9)2/h4-6,12H,3,11H2,1-2H3. The van der Waals surface area contributed by atoms with E-state index in [1.165, 1.54) is 0 Å². The molecule has 0 heterocycles. The van der Waals surface area contributed by atoms with Crippen molar-refractivity contribution < 1.29 is 9.53 Å². The van der Waals surface area contributed by atoms with Gasteiger partial charge < -0.3 is 10.2 Å². The van der Waals surface area contributed by atoms with Gasteiger partial charge in [-0.2, -0.15) is 0 Å². The lowest BCUT2D eigenvalue weighted by atomic mass is 10.1. The number of hydrogen-bond donors (Lipinski definition) is 2. The van der Waals surface area contributed by atoms with Gasteiger partial charge in [-0.15, -0.1) is 0 Å². The Labute approximate surface area is 83.0 Å². The molecule has 0 saturated carbocycles. The number of nitrogen functional groups attached to an aromatic ring is 1. The van der Waals surface area contributed by atoms with Gasteiger partial charge in [0, 0.05) is 5.69 Å². The largest absolute Gasteiger partial charge is 0.462 e. The smallest absolute Gasteiger partial charge is 0.338 e. The minimum Gasteiger partial charge on any atom is -0.462 e. The van der Waals surface area contributed by atoms with Crippen LogP contribution in [0, 0.1) is 6.92 Å². The number of anilines is 1. The van der Waals surface area contributed by atoms with E-state index in [0.29, 0.717) is 17.9 Å². The van der Waals surface area contributed by atoms with E-state index in [4.69, 9.17) is 10.6 Å². The van der Waals surface area contributed by atoms with Crippen molar-refractivity contribution in [1.82, 2.24) is 0 Å². The second kappa shape index (κ2) is 4.62. The van der Waals surface area contributed by atoms with E-state index in [1.807, 2.05) is 13.0 Å². The lowest BCUT2D eigenvalue weighted by Gasteiger charge is -2.07. The van der Waals surface area contributed by atoms with Crippen molar-refractivity contribution in [3.05, 3.63) is 29.3 Å². The van der Waals surface area contributed by atoms with Crippen molar-refractivity contribution in [2.24, 2.45) is 5.84 Å². The van der Waals surface area contributed by atoms with E-state index < -0.39 is 0 Å². The molecule has 76 valence electrons. The Hall–Kier alpha value is -1.55. The SMILES string of the molecule is CCOC(=O)c1cc(NN)ccc1C. The molecule has 0 fully saturated rings. The van der Waals surface area contributed by atoms with Gasteiger partial charge in [0.1, 0.15) is 0 Å². The van der Waals surface area contributed by atoms with Gasteiger partial charge in [0.15, 0.2) is 0 Å². The third kappa shape index (κ3) is 2.23. The zero-order valence-electron chi connectivity index (χ0n) is 8.33. The van der Waals surface area contributed by atoms with Gasteiger partial charge >= 0.3 is 5.97 Å². The lowest BCUT2D eigenvalue weighted by molar-refractivity contribution is 0.0525. The molecule has 0 unspecified atom stereocenters. The Morgan fingerprint density at radius 2 is 2.29 bits per heavy atom. The molecule has 0 bridgehead atoms. The molecule has 1 aromatic rings. The number of nitrogens with one attached hydrogen (secondary N) is 1. The molecule has 4 heteroatoms. The molecule has 3 N–H and O–H groups in total. The summed E-state index contributed by atoms with van der Waals surface area (Å²) in [5, 5.41) is 0. The first-order valence-corrected chi connectivity index (χ1v) is 4.43. The number of aryl methyl sites for hydroxylation is 1. The molecule has 4 nitrogen and oxygen atoms in total. The maximum absolute atomic E-state index is 11.4. The van der Waals surface area contributed by atoms with Gasteiger partial charge in [-0.25, -0.2) is 4.79 Å². The van der Waals surface area contributed by atoms with Crippen LogP contribution in [0.25, 0.3) is 0 Å². The number of hydrazine groups is 1. The van der Waals surface area contributed by atoms with Crippen LogP contribution in [-0.2, 0) is 4.74 Å². The topological polar surface area (TPSA) is 64.3 Å². The zero-order chi connectivity index (χ0) is 10.6. The first-order valence-electron chi connectivity index (χ1n) is 4.43. The van der Waals surface area contributed by atoms with Gasteiger partial charge in [0.2, 0.25) is 0 Å². The number of carbonyl (C=O) groups is 1. The molecule has 0 amide bonds. The average Bonchev–Trinajstić information content (AvgIpc) is 2.19. The van der Waals surface area contributed by atoms with Crippen molar-refractivity contribution in [3.8, 4) is 0 Å². The maximum Gasteiger partial charge on any atom is 0.338 e. The van der Waals surface area contributed by atoms with Crippen molar-refractivity contribution in [3.63, 3.8) is 0 Å². The Morgan fingerprint density at radius 1 is 1.57 bits per heavy atom. The molecular weight excluding hydrogens is 180 g/mol. The highest BCUT2D eigenvalue weighted by Gasteiger charge is 2.09. The first-order chi connectivity index (χ1) is 6.69. The van der Waals surface area contributed by atoms with Crippen LogP contribution in [0.5, 0.6) is 0 Å². The molecule has 0 aliphatic carbocycles. The van der Waals surface area contributed by atoms with Crippen LogP contribution in [0.1, 0.15) is 22.8 Å². The molecule has 0 aliphatic heterocycles. The fourth-order valence-electron chi connectivity index (χ4n) is 1.14. The summed E-state index contributed by atoms with van der Waals surface area (Å²) < 4.78 is 4.90. The van der Waals surface area contributed by atoms with E-state index in [2.05, 4.69) is 5.43 Å². The number of esters is 1. The molecule has 14 heavy (non-hydrogen) atoms. The van der Waals surface area contributed by atoms with E-state index in [0.717, 1.165) is 5.56 Å². The van der Waals surface area contributed by atoms with Gasteiger partial charge in [-0.05, 0) is 31.5 Å². The minimum absolute atomic E-state index is 0.317. The molecule has 0 radical (unpaired) electrons. The van der Waals surface area contributed by atoms with Crippen molar-refractivity contribution in [2.75, 3.05) is 12.0 Å². The fraction of sp³-hybridized carbons (Fsp3) is 0.300. The summed E-state index contributed by atoms with van der Waals surface area (Å²) in [6, 6.07) is 5.30. The van der Waals surface area contributed by atoms with Gasteiger partial charge in [-0.1, -0.05) is 6.07 Å². The number of hydrogen-bond acceptors (Lipinski definition) is 4. The van der Waals surface area contributed by atoms with Crippen LogP contribution in [0.15, 0.2) is 18.2 Å². The minimum atomic E-state index is -0.317. The molecule has 0 aromatic heterocycles. The third-order valence-corrected chi connectivity index (χ3v) is 1.90. The average molecular weight is 194 g/mol. The summed E-state index contributed by atoms with van der Waals surface area (Å²) in [5.41, 5.74) is 4.60. The highest BCUT2D eigenvalue weighted by Crippen LogP contribution is 2.15. The van der Waals surface area contributed by atoms with Gasteiger partial charge in [-0.3, -0.25) is 5.84 Å². The Balaban J connectivity index is 2.99. The number of carbonyl (C=O) groups excluding carboxylic acids is 1. The second-order valence-electron chi connectivity index (χ2n) is 2.89. The normalized spacial score (nSPS) is 9.64. The number of rotatable bonds is 3. The van der Waals surface area contributed by atoms with Crippen LogP contribution in [0.4, 0.5) is 5.69 Å². The van der Waals surface area contributed by atoms with E-state index in [1.54, 1.807) is 19.1 Å². The van der Waals surface area contributed by atoms with Crippen molar-refractivity contribution >= 4 is 11.7 Å². The van der Waals surface area contributed by atoms with Crippen LogP contribution in [0.2, 0.25) is 0 Å². The Bertz CT molecular complexity index is 337. The molecule has 0 saturated heterocycles. The quantitative estimate of drug-likeness (QED) is 0.434. The van der Waals surface area contributed by atoms with Crippen molar-refractivity contribution in [2.45, 2.75) is 13.8 Å². The zero-order valence-corrected chi connectivity index (χ0v) is 8.33. The summed E-state index contributed by atoms with van der Waals surface area (Å²) >= 11 is 0. The summed E-state index contributed by atoms with van der Waals surface area (Å²) in [4.78, 5) is 11.4. The van der Waals surface area contributed by atoms with Gasteiger partial charge in [0.25, 0.3) is 0 Å². The van der Waals surface area contributed by atoms with E-state index in [-0.39, 0.29) is 5.97 Å². The number of nitrogens with two attached hydrogens (primary N) is 1. The van der Waals surface area contributed by atoms with Crippen molar-refractivity contribution in [1.29, 1.82) is 0 Å². The lowest BCUT2D eigenvalue weighted by Crippen LogP contribution is -2.10. The van der Waals surface area contributed by atoms with Crippen LogP contribution >= 0.6 is 0 Å². The molecule has 1 aromatic carbocycles. The summed E-state index contributed by atoms with van der Waals surface area (Å²) in [7, 11) is 0. The first kappa shape index (κ1) is 10.5. The highest BCUT2D eigenvalue weighted by atomic mass is 16.5. The van der Waals surface area contributed by atoms with Crippen LogP contribution in [0.3, 0.4) is 0 Å². The Kier molecular flexibility index (Phi) is 3.48. The number of ether oxygens (including phenoxy) is 1. The van der Waals surface area contributed by atoms with Crippen LogP contribution in [-0.4, -0.2) is 12.6 Å². The molecule has 0 spiro atoms. The highest BCUT2D eigenvalue weighted by molar-refractivity contribution is 5.92. The van der Waals surface area contributed by atoms with E-state index >= 15 is 0 Å².